The highest BCUT2D eigenvalue weighted by Gasteiger charge is 2.24. The van der Waals surface area contributed by atoms with E-state index in [0.717, 1.165) is 32.4 Å². The fourth-order valence-electron chi connectivity index (χ4n) is 2.44. The van der Waals surface area contributed by atoms with Crippen molar-refractivity contribution in [3.8, 4) is 0 Å². The molecule has 3 nitrogen and oxygen atoms in total. The molecule has 1 aromatic heterocycles. The molecule has 2 atom stereocenters. The standard InChI is InChI=1S/C15H24N2O/c1-12(2)15-10-14(6-9-18-15)17-8-5-13-4-3-7-16-11-13/h3-4,7,11-12,14-15,17H,5-6,8-10H2,1-2H3. The first-order valence-electron chi connectivity index (χ1n) is 6.99. The number of ether oxygens (including phenoxy) is 1. The van der Waals surface area contributed by atoms with Crippen LogP contribution < -0.4 is 5.32 Å². The lowest BCUT2D eigenvalue weighted by atomic mass is 9.95. The van der Waals surface area contributed by atoms with E-state index in [4.69, 9.17) is 4.74 Å². The molecule has 1 aromatic rings. The van der Waals surface area contributed by atoms with Crippen molar-refractivity contribution in [1.82, 2.24) is 10.3 Å². The summed E-state index contributed by atoms with van der Waals surface area (Å²) in [6.45, 7) is 6.40. The predicted octanol–water partition coefficient (Wildman–Crippen LogP) is 2.42. The fourth-order valence-corrected chi connectivity index (χ4v) is 2.44. The second-order valence-corrected chi connectivity index (χ2v) is 5.44. The van der Waals surface area contributed by atoms with Crippen molar-refractivity contribution in [2.45, 2.75) is 45.3 Å². The van der Waals surface area contributed by atoms with E-state index in [1.807, 2.05) is 18.5 Å². The molecule has 18 heavy (non-hydrogen) atoms. The smallest absolute Gasteiger partial charge is 0.0612 e. The second kappa shape index (κ2) is 6.86. The molecule has 1 saturated heterocycles. The van der Waals surface area contributed by atoms with E-state index in [1.165, 1.54) is 5.56 Å². The summed E-state index contributed by atoms with van der Waals surface area (Å²) < 4.78 is 5.78. The minimum atomic E-state index is 0.426. The summed E-state index contributed by atoms with van der Waals surface area (Å²) in [5.74, 6) is 0.618. The van der Waals surface area contributed by atoms with E-state index in [0.29, 0.717) is 18.1 Å². The van der Waals surface area contributed by atoms with Crippen LogP contribution >= 0.6 is 0 Å². The molecule has 0 radical (unpaired) electrons. The highest BCUT2D eigenvalue weighted by Crippen LogP contribution is 2.20. The van der Waals surface area contributed by atoms with Gasteiger partial charge in [-0.15, -0.1) is 0 Å². The summed E-state index contributed by atoms with van der Waals surface area (Å²) in [4.78, 5) is 4.14. The van der Waals surface area contributed by atoms with Gasteiger partial charge in [-0.2, -0.15) is 0 Å². The van der Waals surface area contributed by atoms with Crippen LogP contribution in [0.25, 0.3) is 0 Å². The Morgan fingerprint density at radius 3 is 3.11 bits per heavy atom. The lowest BCUT2D eigenvalue weighted by molar-refractivity contribution is -0.0241. The van der Waals surface area contributed by atoms with E-state index >= 15 is 0 Å². The van der Waals surface area contributed by atoms with Crippen LogP contribution in [0.5, 0.6) is 0 Å². The third-order valence-corrected chi connectivity index (χ3v) is 3.63. The number of pyridine rings is 1. The number of rotatable bonds is 5. The fraction of sp³-hybridized carbons (Fsp3) is 0.667. The molecule has 3 heteroatoms. The largest absolute Gasteiger partial charge is 0.378 e. The van der Waals surface area contributed by atoms with Gasteiger partial charge in [0.15, 0.2) is 0 Å². The van der Waals surface area contributed by atoms with Gasteiger partial charge in [0.05, 0.1) is 6.10 Å². The van der Waals surface area contributed by atoms with Gasteiger partial charge in [0.1, 0.15) is 0 Å². The molecule has 0 aliphatic carbocycles. The minimum absolute atomic E-state index is 0.426. The van der Waals surface area contributed by atoms with Crippen LogP contribution in [0.3, 0.4) is 0 Å². The van der Waals surface area contributed by atoms with Crippen molar-refractivity contribution >= 4 is 0 Å². The van der Waals surface area contributed by atoms with E-state index in [2.05, 4.69) is 30.2 Å². The molecule has 0 saturated carbocycles. The highest BCUT2D eigenvalue weighted by atomic mass is 16.5. The number of hydrogen-bond acceptors (Lipinski definition) is 3. The molecule has 0 spiro atoms. The topological polar surface area (TPSA) is 34.2 Å². The zero-order valence-electron chi connectivity index (χ0n) is 11.4. The average Bonchev–Trinajstić information content (AvgIpc) is 2.40. The van der Waals surface area contributed by atoms with Crippen molar-refractivity contribution in [3.05, 3.63) is 30.1 Å². The van der Waals surface area contributed by atoms with Gasteiger partial charge in [-0.25, -0.2) is 0 Å². The molecule has 0 bridgehead atoms. The SMILES string of the molecule is CC(C)C1CC(NCCc2cccnc2)CCO1. The van der Waals surface area contributed by atoms with Crippen molar-refractivity contribution in [2.24, 2.45) is 5.92 Å². The molecule has 0 aromatic carbocycles. The van der Waals surface area contributed by atoms with Crippen LogP contribution in [0.1, 0.15) is 32.3 Å². The zero-order chi connectivity index (χ0) is 12.8. The third-order valence-electron chi connectivity index (χ3n) is 3.63. The first-order valence-corrected chi connectivity index (χ1v) is 6.99. The van der Waals surface area contributed by atoms with Crippen LogP contribution in [0.15, 0.2) is 24.5 Å². The zero-order valence-corrected chi connectivity index (χ0v) is 11.4. The van der Waals surface area contributed by atoms with Crippen LogP contribution in [0, 0.1) is 5.92 Å². The molecule has 2 unspecified atom stereocenters. The normalized spacial score (nSPS) is 24.4. The van der Waals surface area contributed by atoms with Gasteiger partial charge in [0, 0.05) is 25.0 Å². The summed E-state index contributed by atoms with van der Waals surface area (Å²) in [6.07, 6.45) is 7.53. The summed E-state index contributed by atoms with van der Waals surface area (Å²) in [6, 6.07) is 4.75. The highest BCUT2D eigenvalue weighted by molar-refractivity contribution is 5.08. The van der Waals surface area contributed by atoms with E-state index in [-0.39, 0.29) is 0 Å². The molecule has 100 valence electrons. The van der Waals surface area contributed by atoms with Crippen LogP contribution in [0.4, 0.5) is 0 Å². The van der Waals surface area contributed by atoms with E-state index in [9.17, 15) is 0 Å². The third kappa shape index (κ3) is 4.07. The van der Waals surface area contributed by atoms with E-state index < -0.39 is 0 Å². The maximum absolute atomic E-state index is 5.78. The lowest BCUT2D eigenvalue weighted by Gasteiger charge is -2.32. The van der Waals surface area contributed by atoms with Crippen molar-refractivity contribution < 1.29 is 4.74 Å². The molecular formula is C15H24N2O. The van der Waals surface area contributed by atoms with E-state index in [1.54, 1.807) is 0 Å². The Morgan fingerprint density at radius 2 is 2.39 bits per heavy atom. The maximum Gasteiger partial charge on any atom is 0.0612 e. The number of aromatic nitrogens is 1. The van der Waals surface area contributed by atoms with Gasteiger partial charge in [0.2, 0.25) is 0 Å². The first-order chi connectivity index (χ1) is 8.75. The van der Waals surface area contributed by atoms with Gasteiger partial charge < -0.3 is 10.1 Å². The Morgan fingerprint density at radius 1 is 1.50 bits per heavy atom. The quantitative estimate of drug-likeness (QED) is 0.869. The molecule has 2 heterocycles. The molecule has 1 aliphatic heterocycles. The maximum atomic E-state index is 5.78. The van der Waals surface area contributed by atoms with Crippen LogP contribution in [-0.4, -0.2) is 30.3 Å². The number of nitrogens with zero attached hydrogens (tertiary/aromatic N) is 1. The lowest BCUT2D eigenvalue weighted by Crippen LogP contribution is -2.41. The molecular weight excluding hydrogens is 224 g/mol. The predicted molar refractivity (Wildman–Crippen MR) is 73.5 cm³/mol. The molecule has 2 rings (SSSR count). The second-order valence-electron chi connectivity index (χ2n) is 5.44. The summed E-state index contributed by atoms with van der Waals surface area (Å²) in [7, 11) is 0. The van der Waals surface area contributed by atoms with Gasteiger partial charge >= 0.3 is 0 Å². The Kier molecular flexibility index (Phi) is 5.14. The van der Waals surface area contributed by atoms with Crippen LogP contribution in [-0.2, 0) is 11.2 Å². The Balaban J connectivity index is 1.70. The van der Waals surface area contributed by atoms with Gasteiger partial charge in [0.25, 0.3) is 0 Å². The van der Waals surface area contributed by atoms with Crippen LogP contribution in [0.2, 0.25) is 0 Å². The molecule has 1 fully saturated rings. The summed E-state index contributed by atoms with van der Waals surface area (Å²) in [5.41, 5.74) is 1.30. The average molecular weight is 248 g/mol. The van der Waals surface area contributed by atoms with Crippen molar-refractivity contribution in [3.63, 3.8) is 0 Å². The Bertz CT molecular complexity index is 340. The van der Waals surface area contributed by atoms with Crippen molar-refractivity contribution in [2.75, 3.05) is 13.2 Å². The Hall–Kier alpha value is -0.930. The van der Waals surface area contributed by atoms with Gasteiger partial charge in [-0.05, 0) is 43.4 Å². The number of nitrogens with one attached hydrogen (secondary N) is 1. The first kappa shape index (κ1) is 13.5. The van der Waals surface area contributed by atoms with Gasteiger partial charge in [-0.1, -0.05) is 19.9 Å². The van der Waals surface area contributed by atoms with Crippen molar-refractivity contribution in [1.29, 1.82) is 0 Å². The Labute approximate surface area is 110 Å². The number of hydrogen-bond donors (Lipinski definition) is 1. The molecule has 0 amide bonds. The monoisotopic (exact) mass is 248 g/mol. The minimum Gasteiger partial charge on any atom is -0.378 e. The summed E-state index contributed by atoms with van der Waals surface area (Å²) >= 11 is 0. The molecule has 1 N–H and O–H groups in total. The molecule has 1 aliphatic rings. The summed E-state index contributed by atoms with van der Waals surface area (Å²) in [5, 5.41) is 3.65. The van der Waals surface area contributed by atoms with Gasteiger partial charge in [-0.3, -0.25) is 4.98 Å².